The van der Waals surface area contributed by atoms with Crippen LogP contribution in [0.25, 0.3) is 11.2 Å². The van der Waals surface area contributed by atoms with Gasteiger partial charge in [-0.3, -0.25) is 14.3 Å². The third-order valence-corrected chi connectivity index (χ3v) is 3.20. The molecule has 2 aromatic rings. The molecule has 0 aliphatic carbocycles. The van der Waals surface area contributed by atoms with Gasteiger partial charge in [0.1, 0.15) is 12.2 Å². The van der Waals surface area contributed by atoms with E-state index < -0.39 is 36.8 Å². The van der Waals surface area contributed by atoms with Crippen LogP contribution in [-0.2, 0) is 4.74 Å². The molecule has 4 atom stereocenters. The number of aliphatic hydroxyl groups is 2. The highest BCUT2D eigenvalue weighted by Gasteiger charge is 2.45. The minimum Gasteiger partial charge on any atom is -0.394 e. The Hall–Kier alpha value is -2.04. The predicted molar refractivity (Wildman–Crippen MR) is 64.5 cm³/mol. The van der Waals surface area contributed by atoms with E-state index in [4.69, 9.17) is 15.6 Å². The van der Waals surface area contributed by atoms with Gasteiger partial charge < -0.3 is 20.7 Å². The van der Waals surface area contributed by atoms with Crippen molar-refractivity contribution < 1.29 is 19.3 Å². The number of halogens is 1. The summed E-state index contributed by atoms with van der Waals surface area (Å²) in [6.07, 6.45) is -4.36. The summed E-state index contributed by atoms with van der Waals surface area (Å²) in [6, 6.07) is 0. The normalized spacial score (nSPS) is 30.1. The Morgan fingerprint density at radius 3 is 3.00 bits per heavy atom. The van der Waals surface area contributed by atoms with Gasteiger partial charge in [-0.05, 0) is 0 Å². The minimum absolute atomic E-state index is 0.0167. The number of nitrogens with two attached hydrogens (primary N) is 1. The Balaban J connectivity index is 2.09. The highest BCUT2D eigenvalue weighted by molar-refractivity contribution is 5.70. The first-order chi connectivity index (χ1) is 9.52. The number of aromatic amines is 1. The Morgan fingerprint density at radius 1 is 1.60 bits per heavy atom. The molecule has 0 spiro atoms. The van der Waals surface area contributed by atoms with Gasteiger partial charge in [0.2, 0.25) is 5.95 Å². The van der Waals surface area contributed by atoms with Gasteiger partial charge in [0.05, 0.1) is 12.9 Å². The van der Waals surface area contributed by atoms with E-state index in [-0.39, 0.29) is 17.1 Å². The second kappa shape index (κ2) is 4.51. The fourth-order valence-corrected chi connectivity index (χ4v) is 2.21. The number of aliphatic hydroxyl groups excluding tert-OH is 2. The number of ether oxygens (including phenoxy) is 1. The molecular formula is C10H12FN5O4. The lowest BCUT2D eigenvalue weighted by atomic mass is 10.1. The SMILES string of the molecule is Nc1nc2c(ncn2C2OC(CO)[C@@H](O)[C@@H]2F)c(=O)[nH]1. The predicted octanol–water partition coefficient (Wildman–Crippen LogP) is -1.71. The van der Waals surface area contributed by atoms with Gasteiger partial charge in [-0.15, -0.1) is 0 Å². The third-order valence-electron chi connectivity index (χ3n) is 3.20. The van der Waals surface area contributed by atoms with E-state index in [1.54, 1.807) is 0 Å². The molecule has 3 rings (SSSR count). The second-order valence-corrected chi connectivity index (χ2v) is 4.46. The minimum atomic E-state index is -1.79. The molecule has 1 saturated heterocycles. The zero-order chi connectivity index (χ0) is 14.4. The lowest BCUT2D eigenvalue weighted by Gasteiger charge is -2.14. The fourth-order valence-electron chi connectivity index (χ4n) is 2.21. The summed E-state index contributed by atoms with van der Waals surface area (Å²) < 4.78 is 20.4. The zero-order valence-electron chi connectivity index (χ0n) is 10.1. The maximum absolute atomic E-state index is 14.0. The molecule has 1 aliphatic rings. The lowest BCUT2D eigenvalue weighted by molar-refractivity contribution is -0.0459. The molecule has 1 aliphatic heterocycles. The first kappa shape index (κ1) is 13.0. The number of fused-ring (bicyclic) bond motifs is 1. The molecule has 9 nitrogen and oxygen atoms in total. The van der Waals surface area contributed by atoms with Gasteiger partial charge in [0.15, 0.2) is 23.6 Å². The number of nitrogens with one attached hydrogen (secondary N) is 1. The average Bonchev–Trinajstić information content (AvgIpc) is 2.93. The molecule has 0 aromatic carbocycles. The summed E-state index contributed by atoms with van der Waals surface area (Å²) in [4.78, 5) is 21.6. The smallest absolute Gasteiger partial charge is 0.280 e. The zero-order valence-corrected chi connectivity index (χ0v) is 10.1. The van der Waals surface area contributed by atoms with E-state index in [2.05, 4.69) is 15.0 Å². The largest absolute Gasteiger partial charge is 0.394 e. The van der Waals surface area contributed by atoms with Crippen molar-refractivity contribution in [1.82, 2.24) is 19.5 Å². The number of alkyl halides is 1. The number of imidazole rings is 1. The van der Waals surface area contributed by atoms with Crippen LogP contribution in [0.1, 0.15) is 6.23 Å². The number of hydrogen-bond acceptors (Lipinski definition) is 7. The molecule has 1 fully saturated rings. The van der Waals surface area contributed by atoms with Gasteiger partial charge in [-0.2, -0.15) is 4.98 Å². The molecule has 2 unspecified atom stereocenters. The van der Waals surface area contributed by atoms with Crippen molar-refractivity contribution in [3.05, 3.63) is 16.7 Å². The Labute approximate surface area is 110 Å². The Kier molecular flexibility index (Phi) is 2.92. The van der Waals surface area contributed by atoms with Crippen molar-refractivity contribution in [2.75, 3.05) is 12.3 Å². The van der Waals surface area contributed by atoms with Crippen molar-refractivity contribution in [3.63, 3.8) is 0 Å². The Bertz CT molecular complexity index is 701. The van der Waals surface area contributed by atoms with Crippen molar-refractivity contribution in [3.8, 4) is 0 Å². The summed E-state index contributed by atoms with van der Waals surface area (Å²) in [5.74, 6) is -0.142. The third kappa shape index (κ3) is 1.77. The number of anilines is 1. The number of nitrogens with zero attached hydrogens (tertiary/aromatic N) is 3. The van der Waals surface area contributed by atoms with Crippen LogP contribution < -0.4 is 11.3 Å². The van der Waals surface area contributed by atoms with Crippen LogP contribution in [0.5, 0.6) is 0 Å². The summed E-state index contributed by atoms with van der Waals surface area (Å²) in [7, 11) is 0. The van der Waals surface area contributed by atoms with Gasteiger partial charge in [0, 0.05) is 0 Å². The van der Waals surface area contributed by atoms with Crippen LogP contribution in [0.15, 0.2) is 11.1 Å². The van der Waals surface area contributed by atoms with Crippen molar-refractivity contribution in [2.24, 2.45) is 0 Å². The molecule has 0 radical (unpaired) electrons. The average molecular weight is 285 g/mol. The monoisotopic (exact) mass is 285 g/mol. The second-order valence-electron chi connectivity index (χ2n) is 4.46. The van der Waals surface area contributed by atoms with Crippen molar-refractivity contribution >= 4 is 17.1 Å². The van der Waals surface area contributed by atoms with Crippen LogP contribution in [0, 0.1) is 0 Å². The molecule has 3 heterocycles. The number of nitrogen functional groups attached to an aromatic ring is 1. The van der Waals surface area contributed by atoms with Gasteiger partial charge >= 0.3 is 0 Å². The van der Waals surface area contributed by atoms with E-state index in [0.717, 1.165) is 0 Å². The molecule has 0 bridgehead atoms. The number of rotatable bonds is 2. The maximum Gasteiger partial charge on any atom is 0.280 e. The standard InChI is InChI=1S/C10H12FN5O4/c11-4-6(18)3(1-17)20-9(4)16-2-13-5-7(16)14-10(12)15-8(5)19/h2-4,6,9,17-18H,1H2,(H3,12,14,15,19)/t3?,4-,6+,9?/m0/s1. The van der Waals surface area contributed by atoms with Crippen molar-refractivity contribution in [1.29, 1.82) is 0 Å². The summed E-state index contributed by atoms with van der Waals surface area (Å²) in [5, 5.41) is 18.6. The van der Waals surface area contributed by atoms with Crippen LogP contribution in [0.2, 0.25) is 0 Å². The molecule has 0 saturated carbocycles. The molecule has 5 N–H and O–H groups in total. The van der Waals surface area contributed by atoms with E-state index in [0.29, 0.717) is 0 Å². The molecule has 108 valence electrons. The molecule has 2 aromatic heterocycles. The number of aromatic nitrogens is 4. The summed E-state index contributed by atoms with van der Waals surface area (Å²) in [5.41, 5.74) is 4.91. The van der Waals surface area contributed by atoms with E-state index >= 15 is 0 Å². The topological polar surface area (TPSA) is 139 Å². The molecule has 20 heavy (non-hydrogen) atoms. The quantitative estimate of drug-likeness (QED) is 0.515. The molecule has 10 heteroatoms. The van der Waals surface area contributed by atoms with Crippen molar-refractivity contribution in [2.45, 2.75) is 24.6 Å². The van der Waals surface area contributed by atoms with Gasteiger partial charge in [-0.1, -0.05) is 0 Å². The van der Waals surface area contributed by atoms with E-state index in [1.165, 1.54) is 10.9 Å². The summed E-state index contributed by atoms with van der Waals surface area (Å²) >= 11 is 0. The first-order valence-corrected chi connectivity index (χ1v) is 5.83. The first-order valence-electron chi connectivity index (χ1n) is 5.83. The lowest BCUT2D eigenvalue weighted by Crippen LogP contribution is -2.30. The number of hydrogen-bond donors (Lipinski definition) is 4. The highest BCUT2D eigenvalue weighted by Crippen LogP contribution is 2.32. The van der Waals surface area contributed by atoms with Crippen LogP contribution >= 0.6 is 0 Å². The van der Waals surface area contributed by atoms with E-state index in [9.17, 15) is 14.3 Å². The maximum atomic E-state index is 14.0. The highest BCUT2D eigenvalue weighted by atomic mass is 19.1. The van der Waals surface area contributed by atoms with Gasteiger partial charge in [0.25, 0.3) is 5.56 Å². The Morgan fingerprint density at radius 2 is 2.35 bits per heavy atom. The summed E-state index contributed by atoms with van der Waals surface area (Å²) in [6.45, 7) is -0.527. The van der Waals surface area contributed by atoms with Gasteiger partial charge in [-0.25, -0.2) is 9.37 Å². The fraction of sp³-hybridized carbons (Fsp3) is 0.500. The van der Waals surface area contributed by atoms with Crippen LogP contribution in [-0.4, -0.2) is 54.7 Å². The van der Waals surface area contributed by atoms with Crippen LogP contribution in [0.4, 0.5) is 10.3 Å². The molecule has 0 amide bonds. The van der Waals surface area contributed by atoms with Crippen LogP contribution in [0.3, 0.4) is 0 Å². The number of H-pyrrole nitrogens is 1. The molecular weight excluding hydrogens is 273 g/mol. The van der Waals surface area contributed by atoms with E-state index in [1.807, 2.05) is 0 Å².